The van der Waals surface area contributed by atoms with Crippen molar-refractivity contribution in [2.24, 2.45) is 0 Å². The first-order valence-electron chi connectivity index (χ1n) is 13.1. The van der Waals surface area contributed by atoms with Gasteiger partial charge in [-0.15, -0.1) is 0 Å². The number of hydrogen-bond donors (Lipinski definition) is 2. The Morgan fingerprint density at radius 2 is 0.806 bits per heavy atom. The fraction of sp³-hybridized carbons (Fsp3) is 0.926. The van der Waals surface area contributed by atoms with Gasteiger partial charge in [0.1, 0.15) is 0 Å². The van der Waals surface area contributed by atoms with E-state index < -0.39 is 0 Å². The van der Waals surface area contributed by atoms with E-state index in [-0.39, 0.29) is 6.10 Å². The van der Waals surface area contributed by atoms with Gasteiger partial charge < -0.3 is 24.1 Å². The van der Waals surface area contributed by atoms with E-state index in [0.717, 1.165) is 39.7 Å². The van der Waals surface area contributed by atoms with Crippen molar-refractivity contribution in [3.8, 4) is 0 Å². The van der Waals surface area contributed by atoms with Crippen molar-refractivity contribution in [3.63, 3.8) is 0 Å². The van der Waals surface area contributed by atoms with Gasteiger partial charge in [-0.1, -0.05) is 117 Å². The van der Waals surface area contributed by atoms with Crippen LogP contribution in [0.3, 0.4) is 0 Å². The van der Waals surface area contributed by atoms with Gasteiger partial charge in [-0.2, -0.15) is 12.8 Å². The molecule has 3 nitrogen and oxygen atoms in total. The summed E-state index contributed by atoms with van der Waals surface area (Å²) in [5, 5.41) is 16.5. The molecule has 0 spiro atoms. The third kappa shape index (κ3) is 91.1. The number of aliphatic hydroxyl groups excluding tert-OH is 2. The van der Waals surface area contributed by atoms with Gasteiger partial charge >= 0.3 is 23.7 Å². The van der Waals surface area contributed by atoms with E-state index in [4.69, 9.17) is 13.5 Å². The quantitative estimate of drug-likeness (QED) is 0.132. The summed E-state index contributed by atoms with van der Waals surface area (Å²) >= 11 is 0.750. The van der Waals surface area contributed by atoms with Crippen molar-refractivity contribution >= 4 is 0 Å². The van der Waals surface area contributed by atoms with E-state index in [1.54, 1.807) is 13.8 Å². The molecule has 0 aromatic heterocycles. The normalized spacial score (nSPS) is 9.29. The molecule has 0 aliphatic heterocycles. The van der Waals surface area contributed by atoms with Crippen LogP contribution >= 0.6 is 0 Å². The Labute approximate surface area is 210 Å². The predicted octanol–water partition coefficient (Wildman–Crippen LogP) is 8.97. The second-order valence-corrected chi connectivity index (χ2v) is 8.12. The van der Waals surface area contributed by atoms with Crippen molar-refractivity contribution in [2.75, 3.05) is 6.61 Å². The second-order valence-electron chi connectivity index (χ2n) is 8.12. The molecule has 0 saturated carbocycles. The Kier molecular flexibility index (Phi) is 70.4. The number of rotatable bonds is 16. The zero-order chi connectivity index (χ0) is 25.0. The van der Waals surface area contributed by atoms with Gasteiger partial charge in [-0.05, 0) is 20.3 Å². The summed E-state index contributed by atoms with van der Waals surface area (Å²) < 4.78 is 8.25. The third-order valence-corrected chi connectivity index (χ3v) is 4.22. The molecular weight excluding hydrogens is 420 g/mol. The van der Waals surface area contributed by atoms with Crippen LogP contribution in [-0.4, -0.2) is 22.9 Å². The minimum absolute atomic E-state index is 0.167. The first-order chi connectivity index (χ1) is 15.0. The van der Waals surface area contributed by atoms with Crippen LogP contribution in [-0.2, 0) is 23.7 Å². The Morgan fingerprint density at radius 1 is 0.581 bits per heavy atom. The molecule has 0 fully saturated rings. The maximum absolute atomic E-state index is 8.42. The molecule has 0 aromatic carbocycles. The summed E-state index contributed by atoms with van der Waals surface area (Å²) in [7, 11) is 0. The molecule has 0 rings (SSSR count). The van der Waals surface area contributed by atoms with Gasteiger partial charge in [0.15, 0.2) is 0 Å². The van der Waals surface area contributed by atoms with Crippen LogP contribution in [0.4, 0.5) is 0 Å². The summed E-state index contributed by atoms with van der Waals surface area (Å²) in [6.45, 7) is 18.1. The number of unbranched alkanes of at least 4 members (excludes halogenated alkanes) is 15. The van der Waals surface area contributed by atoms with Gasteiger partial charge in [-0.25, -0.2) is 0 Å². The summed E-state index contributed by atoms with van der Waals surface area (Å²) in [6, 6.07) is 0. The summed E-state index contributed by atoms with van der Waals surface area (Å²) in [6.07, 6.45) is 23.3. The molecule has 0 unspecified atom stereocenters. The molecule has 0 aliphatic rings. The molecule has 0 aromatic rings. The number of aliphatic hydroxyl groups is 2. The van der Waals surface area contributed by atoms with E-state index in [1.807, 2.05) is 0 Å². The van der Waals surface area contributed by atoms with Crippen molar-refractivity contribution in [1.29, 1.82) is 0 Å². The van der Waals surface area contributed by atoms with Crippen LogP contribution in [0.1, 0.15) is 150 Å². The second kappa shape index (κ2) is 52.4. The average molecular weight is 481 g/mol. The van der Waals surface area contributed by atoms with E-state index in [9.17, 15) is 0 Å². The Morgan fingerprint density at radius 3 is 1.03 bits per heavy atom. The molecule has 4 heteroatoms. The molecule has 2 N–H and O–H groups in total. The molecule has 0 bridgehead atoms. The van der Waals surface area contributed by atoms with Gasteiger partial charge in [0.05, 0.1) is 0 Å². The fourth-order valence-electron chi connectivity index (χ4n) is 2.45. The standard InChI is InChI=1S/C8H18O.2C8H17.C3H8O.O.Ti/c1-2-3-4-5-6-7-8-9;2*1-3-5-7-8-6-4-2;1-3(2)4;;/h9H,2-8H2,1H3;2*1,3-8H2,2H3;3-4H,1-2H3;;/q;2*-1;;;+2. The monoisotopic (exact) mass is 480 g/mol. The van der Waals surface area contributed by atoms with Gasteiger partial charge in [0.2, 0.25) is 0 Å². The molecule has 0 aliphatic carbocycles. The maximum atomic E-state index is 8.42. The summed E-state index contributed by atoms with van der Waals surface area (Å²) in [5.74, 6) is 0. The molecule has 31 heavy (non-hydrogen) atoms. The van der Waals surface area contributed by atoms with Gasteiger partial charge in [0.25, 0.3) is 0 Å². The molecule has 0 amide bonds. The Bertz CT molecular complexity index is 194. The Balaban J connectivity index is -0.0000000969. The van der Waals surface area contributed by atoms with Crippen molar-refractivity contribution in [2.45, 2.75) is 156 Å². The molecule has 0 atom stereocenters. The SMILES string of the molecule is CC(C)O.CCCCCCCCO.[CH2-]CCCCCCC.[CH2-]CCCCCCC.[O]=[Ti+2]. The van der Waals surface area contributed by atoms with Crippen LogP contribution in [0.25, 0.3) is 0 Å². The van der Waals surface area contributed by atoms with Crippen LogP contribution in [0.15, 0.2) is 0 Å². The third-order valence-electron chi connectivity index (χ3n) is 4.22. The first-order valence-corrected chi connectivity index (χ1v) is 13.7. The summed E-state index contributed by atoms with van der Waals surface area (Å²) in [4.78, 5) is 0. The predicted molar refractivity (Wildman–Crippen MR) is 136 cm³/mol. The van der Waals surface area contributed by atoms with Gasteiger partial charge in [-0.3, -0.25) is 0 Å². The number of hydrogen-bond acceptors (Lipinski definition) is 3. The van der Waals surface area contributed by atoms with E-state index >= 15 is 0 Å². The first kappa shape index (κ1) is 41.7. The topological polar surface area (TPSA) is 57.5 Å². The zero-order valence-electron chi connectivity index (χ0n) is 22.2. The average Bonchev–Trinajstić information content (AvgIpc) is 2.76. The minimum atomic E-state index is -0.167. The fourth-order valence-corrected chi connectivity index (χ4v) is 2.45. The van der Waals surface area contributed by atoms with E-state index in [2.05, 4.69) is 34.6 Å². The Hall–Kier alpha value is 0.434. The van der Waals surface area contributed by atoms with Crippen LogP contribution in [0.5, 0.6) is 0 Å². The van der Waals surface area contributed by atoms with Gasteiger partial charge in [0, 0.05) is 12.7 Å². The molecule has 0 radical (unpaired) electrons. The van der Waals surface area contributed by atoms with Crippen LogP contribution < -0.4 is 0 Å². The molecule has 0 saturated heterocycles. The zero-order valence-corrected chi connectivity index (χ0v) is 23.8. The van der Waals surface area contributed by atoms with Crippen LogP contribution in [0.2, 0.25) is 0 Å². The van der Waals surface area contributed by atoms with Crippen molar-refractivity contribution in [1.82, 2.24) is 0 Å². The molecular formula is C27H60O3Ti. The van der Waals surface area contributed by atoms with Crippen molar-refractivity contribution < 1.29 is 33.9 Å². The molecule has 190 valence electrons. The van der Waals surface area contributed by atoms with Crippen LogP contribution in [0, 0.1) is 13.8 Å². The van der Waals surface area contributed by atoms with E-state index in [0.29, 0.717) is 6.61 Å². The van der Waals surface area contributed by atoms with E-state index in [1.165, 1.54) is 96.3 Å². The van der Waals surface area contributed by atoms with Crippen molar-refractivity contribution in [3.05, 3.63) is 13.8 Å². The molecule has 0 heterocycles. The summed E-state index contributed by atoms with van der Waals surface area (Å²) in [5.41, 5.74) is 0.